The molecular formula is C18H26N4O3. The van der Waals surface area contributed by atoms with E-state index >= 15 is 0 Å². The van der Waals surface area contributed by atoms with Crippen molar-refractivity contribution in [3.8, 4) is 0 Å². The van der Waals surface area contributed by atoms with Gasteiger partial charge in [0.25, 0.3) is 0 Å². The van der Waals surface area contributed by atoms with Gasteiger partial charge < -0.3 is 15.3 Å². The molecule has 2 fully saturated rings. The Labute approximate surface area is 147 Å². The molecule has 3 rings (SSSR count). The van der Waals surface area contributed by atoms with Crippen LogP contribution in [-0.2, 0) is 9.59 Å². The lowest BCUT2D eigenvalue weighted by atomic mass is 9.92. The topological polar surface area (TPSA) is 95.4 Å². The van der Waals surface area contributed by atoms with E-state index in [1.54, 1.807) is 18.6 Å². The molecule has 0 bridgehead atoms. The average Bonchev–Trinajstić information content (AvgIpc) is 2.88. The standard InChI is InChI=1S/C18H26N4O3/c23-17(21-15-5-3-1-2-4-14(15)18(24)25)13-6-10-22(11-7-13)16-12-19-8-9-20-16/h8-9,12-15H,1-7,10-11H2,(H,21,23)(H,24,25)/t14-,15+/m1/s1. The van der Waals surface area contributed by atoms with Crippen molar-refractivity contribution < 1.29 is 14.7 Å². The number of carbonyl (C=O) groups is 2. The molecule has 2 atom stereocenters. The molecule has 2 heterocycles. The largest absolute Gasteiger partial charge is 0.481 e. The number of carboxylic acid groups (broad SMARTS) is 1. The number of nitrogens with zero attached hydrogens (tertiary/aromatic N) is 3. The molecule has 0 aromatic carbocycles. The molecular weight excluding hydrogens is 320 g/mol. The Bertz CT molecular complexity index is 587. The number of rotatable bonds is 4. The molecule has 2 N–H and O–H groups in total. The third-order valence-corrected chi connectivity index (χ3v) is 5.40. The number of aromatic nitrogens is 2. The van der Waals surface area contributed by atoms with Crippen molar-refractivity contribution in [2.45, 2.75) is 51.0 Å². The Balaban J connectivity index is 1.54. The first-order valence-electron chi connectivity index (χ1n) is 9.19. The molecule has 1 saturated carbocycles. The van der Waals surface area contributed by atoms with E-state index in [1.165, 1.54) is 0 Å². The van der Waals surface area contributed by atoms with Crippen LogP contribution in [0.4, 0.5) is 5.82 Å². The maximum atomic E-state index is 12.6. The number of carbonyl (C=O) groups excluding carboxylic acids is 1. The summed E-state index contributed by atoms with van der Waals surface area (Å²) in [6, 6.07) is -0.231. The molecule has 1 aliphatic carbocycles. The summed E-state index contributed by atoms with van der Waals surface area (Å²) in [6.45, 7) is 1.54. The summed E-state index contributed by atoms with van der Waals surface area (Å²) in [7, 11) is 0. The van der Waals surface area contributed by atoms with Crippen LogP contribution in [0, 0.1) is 11.8 Å². The summed E-state index contributed by atoms with van der Waals surface area (Å²) in [4.78, 5) is 34.7. The highest BCUT2D eigenvalue weighted by Gasteiger charge is 2.33. The predicted octanol–water partition coefficient (Wildman–Crippen LogP) is 1.84. The van der Waals surface area contributed by atoms with E-state index in [-0.39, 0.29) is 17.9 Å². The molecule has 1 aromatic rings. The zero-order valence-electron chi connectivity index (χ0n) is 14.4. The maximum absolute atomic E-state index is 12.6. The second-order valence-electron chi connectivity index (χ2n) is 7.02. The van der Waals surface area contributed by atoms with Gasteiger partial charge >= 0.3 is 5.97 Å². The summed E-state index contributed by atoms with van der Waals surface area (Å²) in [5.41, 5.74) is 0. The molecule has 2 aliphatic rings. The zero-order chi connectivity index (χ0) is 17.6. The minimum Gasteiger partial charge on any atom is -0.481 e. The second-order valence-corrected chi connectivity index (χ2v) is 7.02. The lowest BCUT2D eigenvalue weighted by molar-refractivity contribution is -0.143. The van der Waals surface area contributed by atoms with Crippen LogP contribution in [0.2, 0.25) is 0 Å². The average molecular weight is 346 g/mol. The normalized spacial score (nSPS) is 25.2. The Morgan fingerprint density at radius 2 is 1.84 bits per heavy atom. The molecule has 1 saturated heterocycles. The molecule has 1 aliphatic heterocycles. The fraction of sp³-hybridized carbons (Fsp3) is 0.667. The fourth-order valence-electron chi connectivity index (χ4n) is 3.90. The Hall–Kier alpha value is -2.18. The molecule has 0 unspecified atom stereocenters. The van der Waals surface area contributed by atoms with Crippen LogP contribution in [0.1, 0.15) is 44.9 Å². The van der Waals surface area contributed by atoms with Gasteiger partial charge in [-0.25, -0.2) is 4.98 Å². The van der Waals surface area contributed by atoms with Crippen LogP contribution in [0.25, 0.3) is 0 Å². The number of amides is 1. The van der Waals surface area contributed by atoms with Gasteiger partial charge in [-0.3, -0.25) is 14.6 Å². The lowest BCUT2D eigenvalue weighted by Gasteiger charge is -2.33. The van der Waals surface area contributed by atoms with Crippen LogP contribution in [0.5, 0.6) is 0 Å². The number of carboxylic acids is 1. The van der Waals surface area contributed by atoms with E-state index in [1.807, 2.05) is 0 Å². The molecule has 136 valence electrons. The summed E-state index contributed by atoms with van der Waals surface area (Å²) in [6.07, 6.45) is 11.0. The zero-order valence-corrected chi connectivity index (χ0v) is 14.4. The number of anilines is 1. The van der Waals surface area contributed by atoms with Gasteiger partial charge in [0.2, 0.25) is 5.91 Å². The van der Waals surface area contributed by atoms with Crippen molar-refractivity contribution in [1.29, 1.82) is 0 Å². The first kappa shape index (κ1) is 17.6. The van der Waals surface area contributed by atoms with Gasteiger partial charge in [0.05, 0.1) is 12.1 Å². The molecule has 1 aromatic heterocycles. The van der Waals surface area contributed by atoms with Crippen molar-refractivity contribution in [2.75, 3.05) is 18.0 Å². The molecule has 25 heavy (non-hydrogen) atoms. The number of piperidine rings is 1. The van der Waals surface area contributed by atoms with Crippen LogP contribution in [0.3, 0.4) is 0 Å². The van der Waals surface area contributed by atoms with Crippen molar-refractivity contribution >= 4 is 17.7 Å². The van der Waals surface area contributed by atoms with Gasteiger partial charge in [0.1, 0.15) is 5.82 Å². The molecule has 7 heteroatoms. The Kier molecular flexibility index (Phi) is 5.83. The van der Waals surface area contributed by atoms with Crippen molar-refractivity contribution in [3.63, 3.8) is 0 Å². The van der Waals surface area contributed by atoms with Gasteiger partial charge in [-0.1, -0.05) is 19.3 Å². The summed E-state index contributed by atoms with van der Waals surface area (Å²) in [5, 5.41) is 12.5. The first-order chi connectivity index (χ1) is 12.1. The number of hydrogen-bond donors (Lipinski definition) is 2. The van der Waals surface area contributed by atoms with Gasteiger partial charge in [0, 0.05) is 37.4 Å². The van der Waals surface area contributed by atoms with Crippen LogP contribution < -0.4 is 10.2 Å². The predicted molar refractivity (Wildman–Crippen MR) is 93.1 cm³/mol. The quantitative estimate of drug-likeness (QED) is 0.808. The van der Waals surface area contributed by atoms with E-state index in [0.29, 0.717) is 6.42 Å². The maximum Gasteiger partial charge on any atom is 0.308 e. The summed E-state index contributed by atoms with van der Waals surface area (Å²) in [5.74, 6) is -0.436. The van der Waals surface area contributed by atoms with Crippen LogP contribution >= 0.6 is 0 Å². The first-order valence-corrected chi connectivity index (χ1v) is 9.19. The lowest BCUT2D eigenvalue weighted by Crippen LogP contribution is -2.47. The van der Waals surface area contributed by atoms with Crippen molar-refractivity contribution in [1.82, 2.24) is 15.3 Å². The van der Waals surface area contributed by atoms with Crippen molar-refractivity contribution in [2.24, 2.45) is 11.8 Å². The Morgan fingerprint density at radius 3 is 2.52 bits per heavy atom. The van der Waals surface area contributed by atoms with Gasteiger partial charge in [-0.2, -0.15) is 0 Å². The fourth-order valence-corrected chi connectivity index (χ4v) is 3.90. The van der Waals surface area contributed by atoms with Crippen LogP contribution in [-0.4, -0.2) is 46.1 Å². The third-order valence-electron chi connectivity index (χ3n) is 5.40. The minimum atomic E-state index is -0.787. The smallest absolute Gasteiger partial charge is 0.308 e. The molecule has 1 amide bonds. The van der Waals surface area contributed by atoms with Gasteiger partial charge in [-0.05, 0) is 25.7 Å². The highest BCUT2D eigenvalue weighted by Crippen LogP contribution is 2.26. The van der Waals surface area contributed by atoms with E-state index in [4.69, 9.17) is 0 Å². The molecule has 0 radical (unpaired) electrons. The minimum absolute atomic E-state index is 0.0111. The number of hydrogen-bond acceptors (Lipinski definition) is 5. The highest BCUT2D eigenvalue weighted by molar-refractivity contribution is 5.80. The molecule has 7 nitrogen and oxygen atoms in total. The van der Waals surface area contributed by atoms with E-state index in [2.05, 4.69) is 20.2 Å². The third kappa shape index (κ3) is 4.46. The SMILES string of the molecule is O=C(N[C@H]1CCCCC[C@H]1C(=O)O)C1CCN(c2cnccn2)CC1. The van der Waals surface area contributed by atoms with Gasteiger partial charge in [-0.15, -0.1) is 0 Å². The van der Waals surface area contributed by atoms with E-state index < -0.39 is 11.9 Å². The second kappa shape index (κ2) is 8.27. The molecule has 0 spiro atoms. The van der Waals surface area contributed by atoms with Crippen LogP contribution in [0.15, 0.2) is 18.6 Å². The van der Waals surface area contributed by atoms with E-state index in [9.17, 15) is 14.7 Å². The Morgan fingerprint density at radius 1 is 1.08 bits per heavy atom. The number of aliphatic carboxylic acids is 1. The number of nitrogens with one attached hydrogen (secondary N) is 1. The summed E-state index contributed by atoms with van der Waals surface area (Å²) < 4.78 is 0. The summed E-state index contributed by atoms with van der Waals surface area (Å²) >= 11 is 0. The van der Waals surface area contributed by atoms with Crippen molar-refractivity contribution in [3.05, 3.63) is 18.6 Å². The monoisotopic (exact) mass is 346 g/mol. The highest BCUT2D eigenvalue weighted by atomic mass is 16.4. The van der Waals surface area contributed by atoms with E-state index in [0.717, 1.165) is 57.4 Å². The van der Waals surface area contributed by atoms with Gasteiger partial charge in [0.15, 0.2) is 0 Å².